The lowest BCUT2D eigenvalue weighted by atomic mass is 10.0. The highest BCUT2D eigenvalue weighted by Crippen LogP contribution is 2.28. The molecule has 2 aliphatic rings. The van der Waals surface area contributed by atoms with Gasteiger partial charge in [-0.1, -0.05) is 6.92 Å². The summed E-state index contributed by atoms with van der Waals surface area (Å²) in [5, 5.41) is 3.02. The highest BCUT2D eigenvalue weighted by molar-refractivity contribution is 7.99. The number of carbonyl (C=O) groups excluding carboxylic acids is 1. The Balaban J connectivity index is 1.46. The normalized spacial score (nSPS) is 21.4. The van der Waals surface area contributed by atoms with E-state index < -0.39 is 0 Å². The molecule has 2 heterocycles. The van der Waals surface area contributed by atoms with Crippen molar-refractivity contribution in [3.63, 3.8) is 0 Å². The van der Waals surface area contributed by atoms with Crippen molar-refractivity contribution in [1.29, 1.82) is 0 Å². The predicted octanol–water partition coefficient (Wildman–Crippen LogP) is 4.30. The van der Waals surface area contributed by atoms with E-state index in [1.807, 2.05) is 36.1 Å². The number of piperidine rings is 1. The summed E-state index contributed by atoms with van der Waals surface area (Å²) < 4.78 is 5.45. The first-order chi connectivity index (χ1) is 13.2. The zero-order valence-electron chi connectivity index (χ0n) is 16.7. The molecule has 2 aliphatic heterocycles. The number of hydrogen-bond acceptors (Lipinski definition) is 4. The van der Waals surface area contributed by atoms with Crippen molar-refractivity contribution in [1.82, 2.24) is 9.80 Å². The van der Waals surface area contributed by atoms with Gasteiger partial charge in [0.15, 0.2) is 0 Å². The molecule has 0 spiro atoms. The largest absolute Gasteiger partial charge is 0.494 e. The second-order valence-corrected chi connectivity index (χ2v) is 8.62. The van der Waals surface area contributed by atoms with Crippen LogP contribution in [0.2, 0.25) is 0 Å². The summed E-state index contributed by atoms with van der Waals surface area (Å²) in [6.45, 7) is 7.78. The first-order valence-electron chi connectivity index (χ1n) is 10.3. The molecule has 1 aromatic carbocycles. The van der Waals surface area contributed by atoms with Gasteiger partial charge in [0.05, 0.1) is 6.61 Å². The van der Waals surface area contributed by atoms with Crippen molar-refractivity contribution >= 4 is 23.5 Å². The maximum absolute atomic E-state index is 12.6. The first kappa shape index (κ1) is 20.3. The van der Waals surface area contributed by atoms with E-state index in [0.717, 1.165) is 43.4 Å². The molecule has 5 nitrogen and oxygen atoms in total. The van der Waals surface area contributed by atoms with E-state index in [2.05, 4.69) is 28.9 Å². The molecular weight excluding hydrogens is 358 g/mol. The molecule has 1 aromatic rings. The topological polar surface area (TPSA) is 44.8 Å². The number of ether oxygens (including phenoxy) is 1. The van der Waals surface area contributed by atoms with Gasteiger partial charge >= 0.3 is 6.03 Å². The van der Waals surface area contributed by atoms with Crippen LogP contribution >= 0.6 is 11.8 Å². The molecule has 0 aromatic heterocycles. The number of amides is 2. The Bertz CT molecular complexity index is 588. The van der Waals surface area contributed by atoms with Crippen LogP contribution in [0, 0.1) is 0 Å². The van der Waals surface area contributed by atoms with Crippen molar-refractivity contribution in [3.05, 3.63) is 24.3 Å². The minimum absolute atomic E-state index is 0.0112. The van der Waals surface area contributed by atoms with Gasteiger partial charge in [0, 0.05) is 36.6 Å². The van der Waals surface area contributed by atoms with Gasteiger partial charge in [-0.15, -0.1) is 0 Å². The van der Waals surface area contributed by atoms with Crippen LogP contribution in [0.4, 0.5) is 10.5 Å². The Labute approximate surface area is 167 Å². The van der Waals surface area contributed by atoms with Crippen LogP contribution < -0.4 is 10.1 Å². The van der Waals surface area contributed by atoms with E-state index in [-0.39, 0.29) is 6.03 Å². The third kappa shape index (κ3) is 5.55. The van der Waals surface area contributed by atoms with Gasteiger partial charge in [-0.3, -0.25) is 4.90 Å². The van der Waals surface area contributed by atoms with Crippen LogP contribution in [0.5, 0.6) is 5.75 Å². The average Bonchev–Trinajstić information content (AvgIpc) is 3.16. The van der Waals surface area contributed by atoms with Crippen LogP contribution in [0.15, 0.2) is 24.3 Å². The van der Waals surface area contributed by atoms with Crippen molar-refractivity contribution in [2.24, 2.45) is 0 Å². The Morgan fingerprint density at radius 1 is 1.15 bits per heavy atom. The van der Waals surface area contributed by atoms with E-state index in [1.54, 1.807) is 0 Å². The number of urea groups is 1. The zero-order valence-corrected chi connectivity index (χ0v) is 17.5. The third-order valence-corrected chi connectivity index (χ3v) is 6.60. The number of hydrogen-bond donors (Lipinski definition) is 1. The molecule has 0 saturated carbocycles. The molecule has 1 atom stereocenters. The first-order valence-corrected chi connectivity index (χ1v) is 11.5. The second kappa shape index (κ2) is 10.2. The maximum Gasteiger partial charge on any atom is 0.321 e. The SMILES string of the molecule is CCOc1ccc(NC(=O)N2CCC(N3CCCC3CSCC)CC2)cc1. The summed E-state index contributed by atoms with van der Waals surface area (Å²) >= 11 is 2.06. The van der Waals surface area contributed by atoms with Gasteiger partial charge in [0.2, 0.25) is 0 Å². The lowest BCUT2D eigenvalue weighted by Crippen LogP contribution is -2.49. The van der Waals surface area contributed by atoms with Crippen molar-refractivity contribution < 1.29 is 9.53 Å². The maximum atomic E-state index is 12.6. The molecule has 0 aliphatic carbocycles. The number of nitrogens with zero attached hydrogens (tertiary/aromatic N) is 2. The number of benzene rings is 1. The molecule has 2 amide bonds. The van der Waals surface area contributed by atoms with Crippen LogP contribution in [0.1, 0.15) is 39.5 Å². The molecule has 2 fully saturated rings. The third-order valence-electron chi connectivity index (χ3n) is 5.57. The molecule has 1 unspecified atom stereocenters. The Morgan fingerprint density at radius 3 is 2.56 bits per heavy atom. The highest BCUT2D eigenvalue weighted by atomic mass is 32.2. The highest BCUT2D eigenvalue weighted by Gasteiger charge is 2.33. The molecule has 2 saturated heterocycles. The Morgan fingerprint density at radius 2 is 1.89 bits per heavy atom. The molecular formula is C21H33N3O2S. The monoisotopic (exact) mass is 391 g/mol. The van der Waals surface area contributed by atoms with Gasteiger partial charge in [0.1, 0.15) is 5.75 Å². The predicted molar refractivity (Wildman–Crippen MR) is 114 cm³/mol. The fraction of sp³-hybridized carbons (Fsp3) is 0.667. The number of anilines is 1. The molecule has 0 radical (unpaired) electrons. The molecule has 0 bridgehead atoms. The van der Waals surface area contributed by atoms with E-state index in [4.69, 9.17) is 4.74 Å². The molecule has 150 valence electrons. The molecule has 27 heavy (non-hydrogen) atoms. The summed E-state index contributed by atoms with van der Waals surface area (Å²) in [4.78, 5) is 17.3. The van der Waals surface area contributed by atoms with Gasteiger partial charge in [-0.05, 0) is 69.2 Å². The van der Waals surface area contributed by atoms with Crippen LogP contribution in [0.25, 0.3) is 0 Å². The quantitative estimate of drug-likeness (QED) is 0.753. The van der Waals surface area contributed by atoms with E-state index in [0.29, 0.717) is 12.6 Å². The smallest absolute Gasteiger partial charge is 0.321 e. The van der Waals surface area contributed by atoms with E-state index in [9.17, 15) is 4.79 Å². The Kier molecular flexibility index (Phi) is 7.70. The van der Waals surface area contributed by atoms with Gasteiger partial charge in [0.25, 0.3) is 0 Å². The minimum atomic E-state index is 0.0112. The van der Waals surface area contributed by atoms with Crippen molar-refractivity contribution in [2.75, 3.05) is 43.1 Å². The van der Waals surface area contributed by atoms with Gasteiger partial charge in [-0.2, -0.15) is 11.8 Å². The van der Waals surface area contributed by atoms with Gasteiger partial charge in [-0.25, -0.2) is 4.79 Å². The standard InChI is InChI=1S/C21H33N3O2S/c1-3-26-20-9-7-17(8-10-20)22-21(25)23-14-11-18(12-15-23)24-13-5-6-19(24)16-27-4-2/h7-10,18-19H,3-6,11-16H2,1-2H3,(H,22,25). The molecule has 3 rings (SSSR count). The molecule has 1 N–H and O–H groups in total. The number of nitrogens with one attached hydrogen (secondary N) is 1. The number of rotatable bonds is 7. The summed E-state index contributed by atoms with van der Waals surface area (Å²) in [5.74, 6) is 3.29. The van der Waals surface area contributed by atoms with E-state index in [1.165, 1.54) is 30.9 Å². The molecule has 6 heteroatoms. The zero-order chi connectivity index (χ0) is 19.1. The fourth-order valence-corrected chi connectivity index (χ4v) is 5.04. The number of carbonyl (C=O) groups is 1. The second-order valence-electron chi connectivity index (χ2n) is 7.30. The van der Waals surface area contributed by atoms with Crippen molar-refractivity contribution in [2.45, 2.75) is 51.6 Å². The summed E-state index contributed by atoms with van der Waals surface area (Å²) in [7, 11) is 0. The van der Waals surface area contributed by atoms with Crippen LogP contribution in [0.3, 0.4) is 0 Å². The Hall–Kier alpha value is -1.40. The minimum Gasteiger partial charge on any atom is -0.494 e. The summed E-state index contributed by atoms with van der Waals surface area (Å²) in [5.41, 5.74) is 0.821. The van der Waals surface area contributed by atoms with E-state index >= 15 is 0 Å². The van der Waals surface area contributed by atoms with Crippen molar-refractivity contribution in [3.8, 4) is 5.75 Å². The van der Waals surface area contributed by atoms with Gasteiger partial charge < -0.3 is 15.0 Å². The lowest BCUT2D eigenvalue weighted by molar-refractivity contribution is 0.118. The number of likely N-dealkylation sites (tertiary alicyclic amines) is 2. The summed E-state index contributed by atoms with van der Waals surface area (Å²) in [6.07, 6.45) is 4.84. The lowest BCUT2D eigenvalue weighted by Gasteiger charge is -2.39. The summed E-state index contributed by atoms with van der Waals surface area (Å²) in [6, 6.07) is 8.98. The average molecular weight is 392 g/mol. The van der Waals surface area contributed by atoms with Crippen LogP contribution in [-0.4, -0.2) is 65.7 Å². The number of thioether (sulfide) groups is 1. The van der Waals surface area contributed by atoms with Crippen LogP contribution in [-0.2, 0) is 0 Å². The fourth-order valence-electron chi connectivity index (χ4n) is 4.18.